The van der Waals surface area contributed by atoms with Crippen molar-refractivity contribution < 1.29 is 4.74 Å². The topological polar surface area (TPSA) is 52.0 Å². The predicted molar refractivity (Wildman–Crippen MR) is 79.8 cm³/mol. The standard InChI is InChI=1S/C16H26N4O/c1-2-7-16(8-3-1)9-6-14(21-16)11-20-15(18-12-19-20)10-17-13-4-5-13/h12-14,17H,1-11H2. The van der Waals surface area contributed by atoms with Gasteiger partial charge in [0.15, 0.2) is 0 Å². The van der Waals surface area contributed by atoms with Crippen molar-refractivity contribution in [2.24, 2.45) is 0 Å². The Balaban J connectivity index is 1.34. The molecule has 21 heavy (non-hydrogen) atoms. The van der Waals surface area contributed by atoms with Gasteiger partial charge in [-0.15, -0.1) is 0 Å². The Morgan fingerprint density at radius 3 is 2.86 bits per heavy atom. The molecule has 0 amide bonds. The molecule has 1 unspecified atom stereocenters. The minimum absolute atomic E-state index is 0.204. The van der Waals surface area contributed by atoms with Gasteiger partial charge in [0.1, 0.15) is 12.2 Å². The summed E-state index contributed by atoms with van der Waals surface area (Å²) in [6, 6.07) is 0.711. The van der Waals surface area contributed by atoms with Crippen LogP contribution >= 0.6 is 0 Å². The maximum atomic E-state index is 6.45. The molecule has 1 N–H and O–H groups in total. The highest BCUT2D eigenvalue weighted by Crippen LogP contribution is 2.42. The van der Waals surface area contributed by atoms with Crippen molar-refractivity contribution in [2.75, 3.05) is 0 Å². The van der Waals surface area contributed by atoms with Crippen molar-refractivity contribution in [3.8, 4) is 0 Å². The van der Waals surface area contributed by atoms with Crippen LogP contribution in [-0.4, -0.2) is 32.5 Å². The zero-order valence-electron chi connectivity index (χ0n) is 12.8. The molecule has 116 valence electrons. The monoisotopic (exact) mass is 290 g/mol. The molecule has 3 fully saturated rings. The minimum atomic E-state index is 0.204. The summed E-state index contributed by atoms with van der Waals surface area (Å²) in [4.78, 5) is 4.40. The van der Waals surface area contributed by atoms with Gasteiger partial charge in [-0.05, 0) is 38.5 Å². The van der Waals surface area contributed by atoms with Gasteiger partial charge < -0.3 is 10.1 Å². The van der Waals surface area contributed by atoms with Crippen LogP contribution in [-0.2, 0) is 17.8 Å². The molecule has 1 aromatic heterocycles. The molecule has 1 spiro atoms. The normalized spacial score (nSPS) is 28.3. The van der Waals surface area contributed by atoms with Gasteiger partial charge in [0.2, 0.25) is 0 Å². The average molecular weight is 290 g/mol. The first-order valence-corrected chi connectivity index (χ1v) is 8.61. The number of hydrogen-bond donors (Lipinski definition) is 1. The first kappa shape index (κ1) is 13.7. The quantitative estimate of drug-likeness (QED) is 0.905. The zero-order valence-corrected chi connectivity index (χ0v) is 12.8. The van der Waals surface area contributed by atoms with E-state index in [0.29, 0.717) is 12.1 Å². The van der Waals surface area contributed by atoms with Crippen LogP contribution in [0, 0.1) is 0 Å². The number of ether oxygens (including phenoxy) is 1. The van der Waals surface area contributed by atoms with Gasteiger partial charge in [-0.2, -0.15) is 5.10 Å². The lowest BCUT2D eigenvalue weighted by molar-refractivity contribution is -0.0691. The Hall–Kier alpha value is -0.940. The summed E-state index contributed by atoms with van der Waals surface area (Å²) in [7, 11) is 0. The lowest BCUT2D eigenvalue weighted by atomic mass is 9.83. The van der Waals surface area contributed by atoms with E-state index in [1.807, 2.05) is 4.68 Å². The third kappa shape index (κ3) is 3.14. The van der Waals surface area contributed by atoms with Crippen molar-refractivity contribution in [1.29, 1.82) is 0 Å². The summed E-state index contributed by atoms with van der Waals surface area (Å²) >= 11 is 0. The first-order valence-electron chi connectivity index (χ1n) is 8.61. The molecule has 2 saturated carbocycles. The summed E-state index contributed by atoms with van der Waals surface area (Å²) in [5.41, 5.74) is 0.204. The van der Waals surface area contributed by atoms with Crippen LogP contribution in [0.5, 0.6) is 0 Å². The number of nitrogens with one attached hydrogen (secondary N) is 1. The highest BCUT2D eigenvalue weighted by atomic mass is 16.5. The third-order valence-corrected chi connectivity index (χ3v) is 5.30. The summed E-state index contributed by atoms with van der Waals surface area (Å²) in [6.07, 6.45) is 13.6. The van der Waals surface area contributed by atoms with Crippen LogP contribution < -0.4 is 5.32 Å². The van der Waals surface area contributed by atoms with Crippen LogP contribution in [0.25, 0.3) is 0 Å². The lowest BCUT2D eigenvalue weighted by Crippen LogP contribution is -2.33. The molecule has 3 aliphatic rings. The maximum absolute atomic E-state index is 6.45. The SMILES string of the molecule is c1nc(CNC2CC2)n(CC2CCC3(CCCCC3)O2)n1. The van der Waals surface area contributed by atoms with Gasteiger partial charge in [0.25, 0.3) is 0 Å². The largest absolute Gasteiger partial charge is 0.370 e. The minimum Gasteiger partial charge on any atom is -0.370 e. The van der Waals surface area contributed by atoms with Gasteiger partial charge in [0.05, 0.1) is 24.8 Å². The van der Waals surface area contributed by atoms with Crippen LogP contribution in [0.2, 0.25) is 0 Å². The van der Waals surface area contributed by atoms with E-state index in [1.54, 1.807) is 6.33 Å². The van der Waals surface area contributed by atoms with Crippen molar-refractivity contribution in [3.05, 3.63) is 12.2 Å². The Morgan fingerprint density at radius 2 is 2.05 bits per heavy atom. The molecule has 1 aromatic rings. The van der Waals surface area contributed by atoms with Crippen LogP contribution in [0.1, 0.15) is 63.6 Å². The van der Waals surface area contributed by atoms with Crippen molar-refractivity contribution in [3.63, 3.8) is 0 Å². The molecule has 4 rings (SSSR count). The number of rotatable bonds is 5. The summed E-state index contributed by atoms with van der Waals surface area (Å²) in [6.45, 7) is 1.70. The van der Waals surface area contributed by atoms with Gasteiger partial charge in [-0.25, -0.2) is 9.67 Å². The molecule has 2 heterocycles. The van der Waals surface area contributed by atoms with E-state index >= 15 is 0 Å². The number of nitrogens with zero attached hydrogens (tertiary/aromatic N) is 3. The van der Waals surface area contributed by atoms with Gasteiger partial charge in [-0.3, -0.25) is 0 Å². The lowest BCUT2D eigenvalue weighted by Gasteiger charge is -2.33. The predicted octanol–water partition coefficient (Wildman–Crippen LogP) is 2.41. The molecule has 5 heteroatoms. The van der Waals surface area contributed by atoms with E-state index in [1.165, 1.54) is 57.8 Å². The van der Waals surface area contributed by atoms with Crippen molar-refractivity contribution in [2.45, 2.75) is 88.6 Å². The number of aromatic nitrogens is 3. The van der Waals surface area contributed by atoms with E-state index in [2.05, 4.69) is 15.4 Å². The van der Waals surface area contributed by atoms with Crippen molar-refractivity contribution in [1.82, 2.24) is 20.1 Å². The van der Waals surface area contributed by atoms with E-state index in [4.69, 9.17) is 4.74 Å². The van der Waals surface area contributed by atoms with Gasteiger partial charge >= 0.3 is 0 Å². The molecular formula is C16H26N4O. The Labute approximate surface area is 126 Å². The van der Waals surface area contributed by atoms with Crippen molar-refractivity contribution >= 4 is 0 Å². The summed E-state index contributed by atoms with van der Waals surface area (Å²) < 4.78 is 8.49. The third-order valence-electron chi connectivity index (χ3n) is 5.30. The fourth-order valence-corrected chi connectivity index (χ4v) is 3.88. The molecule has 0 aromatic carbocycles. The molecule has 2 aliphatic carbocycles. The van der Waals surface area contributed by atoms with E-state index in [0.717, 1.165) is 18.9 Å². The van der Waals surface area contributed by atoms with Crippen LogP contribution in [0.15, 0.2) is 6.33 Å². The average Bonchev–Trinajstić information content (AvgIpc) is 3.12. The van der Waals surface area contributed by atoms with Gasteiger partial charge in [-0.1, -0.05) is 19.3 Å². The summed E-state index contributed by atoms with van der Waals surface area (Å²) in [5, 5.41) is 7.91. The van der Waals surface area contributed by atoms with Crippen LogP contribution in [0.3, 0.4) is 0 Å². The fraction of sp³-hybridized carbons (Fsp3) is 0.875. The van der Waals surface area contributed by atoms with E-state index < -0.39 is 0 Å². The molecular weight excluding hydrogens is 264 g/mol. The maximum Gasteiger partial charge on any atom is 0.140 e. The Morgan fingerprint density at radius 1 is 1.19 bits per heavy atom. The second kappa shape index (κ2) is 5.69. The second-order valence-corrected chi connectivity index (χ2v) is 7.04. The fourth-order valence-electron chi connectivity index (χ4n) is 3.88. The Kier molecular flexibility index (Phi) is 3.71. The van der Waals surface area contributed by atoms with E-state index in [9.17, 15) is 0 Å². The Bertz CT molecular complexity index is 476. The van der Waals surface area contributed by atoms with Crippen LogP contribution in [0.4, 0.5) is 0 Å². The zero-order chi connectivity index (χ0) is 14.1. The second-order valence-electron chi connectivity index (χ2n) is 7.04. The highest BCUT2D eigenvalue weighted by molar-refractivity contribution is 4.93. The molecule has 0 radical (unpaired) electrons. The van der Waals surface area contributed by atoms with Gasteiger partial charge in [0, 0.05) is 6.04 Å². The molecule has 1 atom stereocenters. The molecule has 5 nitrogen and oxygen atoms in total. The summed E-state index contributed by atoms with van der Waals surface area (Å²) in [5.74, 6) is 1.05. The number of hydrogen-bond acceptors (Lipinski definition) is 4. The first-order chi connectivity index (χ1) is 10.3. The molecule has 1 aliphatic heterocycles. The van der Waals surface area contributed by atoms with E-state index in [-0.39, 0.29) is 5.60 Å². The highest BCUT2D eigenvalue weighted by Gasteiger charge is 2.41. The molecule has 1 saturated heterocycles. The molecule has 0 bridgehead atoms. The smallest absolute Gasteiger partial charge is 0.140 e.